The number of aryl methyl sites for hydroxylation is 1. The Balaban J connectivity index is 1.39. The van der Waals surface area contributed by atoms with Crippen molar-refractivity contribution < 1.29 is 8.78 Å². The summed E-state index contributed by atoms with van der Waals surface area (Å²) in [5.74, 6) is -0.670. The molecule has 0 radical (unpaired) electrons. The molecule has 0 unspecified atom stereocenters. The van der Waals surface area contributed by atoms with Gasteiger partial charge in [-0.2, -0.15) is 5.10 Å². The molecule has 3 aromatic rings. The lowest BCUT2D eigenvalue weighted by molar-refractivity contribution is 0.402. The van der Waals surface area contributed by atoms with Crippen LogP contribution in [0.3, 0.4) is 0 Å². The van der Waals surface area contributed by atoms with Crippen molar-refractivity contribution in [3.05, 3.63) is 57.9 Å². The van der Waals surface area contributed by atoms with Gasteiger partial charge in [-0.15, -0.1) is 10.2 Å². The van der Waals surface area contributed by atoms with Gasteiger partial charge in [0, 0.05) is 32.3 Å². The lowest BCUT2D eigenvalue weighted by atomic mass is 9.90. The van der Waals surface area contributed by atoms with Crippen LogP contribution in [0.15, 0.2) is 35.1 Å². The van der Waals surface area contributed by atoms with E-state index in [1.807, 2.05) is 0 Å². The summed E-state index contributed by atoms with van der Waals surface area (Å²) in [5.41, 5.74) is 1.15. The molecule has 6 nitrogen and oxygen atoms in total. The van der Waals surface area contributed by atoms with Gasteiger partial charge < -0.3 is 4.90 Å². The smallest absolute Gasteiger partial charge is 0.266 e. The SMILES string of the molecule is Cn1nc(-c2nnc(N3CCC(Cc4cc(F)cc(F)c4)CC3)s2)ccc1=O. The molecule has 2 aromatic heterocycles. The molecule has 1 aliphatic heterocycles. The Hall–Kier alpha value is -2.68. The van der Waals surface area contributed by atoms with Crippen molar-refractivity contribution >= 4 is 16.5 Å². The molecule has 0 bridgehead atoms. The van der Waals surface area contributed by atoms with Gasteiger partial charge in [0.2, 0.25) is 5.13 Å². The van der Waals surface area contributed by atoms with Crippen LogP contribution in [0.2, 0.25) is 0 Å². The zero-order valence-corrected chi connectivity index (χ0v) is 16.1. The predicted molar refractivity (Wildman–Crippen MR) is 103 cm³/mol. The average Bonchev–Trinajstić information content (AvgIpc) is 3.14. The summed E-state index contributed by atoms with van der Waals surface area (Å²) in [6.07, 6.45) is 2.52. The Labute approximate surface area is 164 Å². The molecule has 4 rings (SSSR count). The molecule has 3 heterocycles. The molecule has 0 atom stereocenters. The van der Waals surface area contributed by atoms with Crippen molar-refractivity contribution in [2.75, 3.05) is 18.0 Å². The van der Waals surface area contributed by atoms with Gasteiger partial charge in [-0.1, -0.05) is 11.3 Å². The van der Waals surface area contributed by atoms with Crippen LogP contribution in [0, 0.1) is 17.6 Å². The fourth-order valence-electron chi connectivity index (χ4n) is 3.45. The molecule has 1 saturated heterocycles. The summed E-state index contributed by atoms with van der Waals surface area (Å²) in [6.45, 7) is 1.63. The van der Waals surface area contributed by atoms with Crippen LogP contribution < -0.4 is 10.5 Å². The van der Waals surface area contributed by atoms with Gasteiger partial charge in [0.25, 0.3) is 5.56 Å². The van der Waals surface area contributed by atoms with Crippen LogP contribution in [-0.4, -0.2) is 33.1 Å². The third-order valence-corrected chi connectivity index (χ3v) is 5.93. The molecule has 0 amide bonds. The number of anilines is 1. The zero-order valence-electron chi connectivity index (χ0n) is 15.3. The Morgan fingerprint density at radius 1 is 1.11 bits per heavy atom. The number of hydrogen-bond acceptors (Lipinski definition) is 6. The second kappa shape index (κ2) is 7.75. The molecule has 28 heavy (non-hydrogen) atoms. The van der Waals surface area contributed by atoms with E-state index in [4.69, 9.17) is 0 Å². The van der Waals surface area contributed by atoms with E-state index >= 15 is 0 Å². The fraction of sp³-hybridized carbons (Fsp3) is 0.368. The van der Waals surface area contributed by atoms with E-state index < -0.39 is 11.6 Å². The lowest BCUT2D eigenvalue weighted by Crippen LogP contribution is -2.34. The normalized spacial score (nSPS) is 15.2. The number of rotatable bonds is 4. The highest BCUT2D eigenvalue weighted by Gasteiger charge is 2.23. The summed E-state index contributed by atoms with van der Waals surface area (Å²) in [6, 6.07) is 6.83. The fourth-order valence-corrected chi connectivity index (χ4v) is 4.32. The Kier molecular flexibility index (Phi) is 5.17. The summed E-state index contributed by atoms with van der Waals surface area (Å²) in [7, 11) is 1.60. The van der Waals surface area contributed by atoms with Crippen molar-refractivity contribution in [1.29, 1.82) is 0 Å². The minimum atomic E-state index is -0.527. The highest BCUT2D eigenvalue weighted by atomic mass is 32.1. The Morgan fingerprint density at radius 2 is 1.82 bits per heavy atom. The summed E-state index contributed by atoms with van der Waals surface area (Å²) in [5, 5.41) is 14.2. The number of benzene rings is 1. The maximum absolute atomic E-state index is 13.4. The highest BCUT2D eigenvalue weighted by molar-refractivity contribution is 7.18. The number of piperidine rings is 1. The topological polar surface area (TPSA) is 63.9 Å². The molecule has 9 heteroatoms. The Bertz CT molecular complexity index is 1020. The van der Waals surface area contributed by atoms with Gasteiger partial charge in [0.05, 0.1) is 0 Å². The molecule has 0 spiro atoms. The number of nitrogens with zero attached hydrogens (tertiary/aromatic N) is 5. The minimum Gasteiger partial charge on any atom is -0.347 e. The molecule has 1 aliphatic rings. The largest absolute Gasteiger partial charge is 0.347 e. The number of hydrogen-bond donors (Lipinski definition) is 0. The minimum absolute atomic E-state index is 0.172. The first-order valence-corrected chi connectivity index (χ1v) is 9.88. The maximum atomic E-state index is 13.4. The molecule has 1 fully saturated rings. The zero-order chi connectivity index (χ0) is 19.7. The summed E-state index contributed by atoms with van der Waals surface area (Å²) >= 11 is 1.44. The third-order valence-electron chi connectivity index (χ3n) is 4.93. The predicted octanol–water partition coefficient (Wildman–Crippen LogP) is 3.04. The van der Waals surface area contributed by atoms with Crippen molar-refractivity contribution in [2.45, 2.75) is 19.3 Å². The van der Waals surface area contributed by atoms with E-state index in [-0.39, 0.29) is 5.56 Å². The van der Waals surface area contributed by atoms with Gasteiger partial charge in [-0.25, -0.2) is 13.5 Å². The van der Waals surface area contributed by atoms with Crippen molar-refractivity contribution in [3.63, 3.8) is 0 Å². The van der Waals surface area contributed by atoms with E-state index in [9.17, 15) is 13.6 Å². The quantitative estimate of drug-likeness (QED) is 0.670. The summed E-state index contributed by atoms with van der Waals surface area (Å²) < 4.78 is 28.0. The van der Waals surface area contributed by atoms with Gasteiger partial charge in [-0.3, -0.25) is 4.79 Å². The molecular weight excluding hydrogens is 384 g/mol. The Morgan fingerprint density at radius 3 is 2.50 bits per heavy atom. The van der Waals surface area contributed by atoms with E-state index in [1.165, 1.54) is 34.2 Å². The molecule has 0 N–H and O–H groups in total. The molecule has 0 aliphatic carbocycles. The number of halogens is 2. The van der Waals surface area contributed by atoms with Gasteiger partial charge in [-0.05, 0) is 48.9 Å². The van der Waals surface area contributed by atoms with Crippen LogP contribution in [0.5, 0.6) is 0 Å². The van der Waals surface area contributed by atoms with E-state index in [2.05, 4.69) is 20.2 Å². The average molecular weight is 403 g/mol. The summed E-state index contributed by atoms with van der Waals surface area (Å²) in [4.78, 5) is 13.6. The van der Waals surface area contributed by atoms with Crippen molar-refractivity contribution in [2.24, 2.45) is 13.0 Å². The van der Waals surface area contributed by atoms with E-state index in [0.29, 0.717) is 28.6 Å². The van der Waals surface area contributed by atoms with Crippen LogP contribution in [-0.2, 0) is 13.5 Å². The monoisotopic (exact) mass is 403 g/mol. The lowest BCUT2D eigenvalue weighted by Gasteiger charge is -2.31. The second-order valence-electron chi connectivity index (χ2n) is 6.98. The standard InChI is InChI=1S/C19H19F2N5OS/c1-25-17(27)3-2-16(24-25)18-22-23-19(28-18)26-6-4-12(5-7-26)8-13-9-14(20)11-15(21)10-13/h2-3,9-12H,4-8H2,1H3. The van der Waals surface area contributed by atoms with Gasteiger partial charge >= 0.3 is 0 Å². The first-order chi connectivity index (χ1) is 13.5. The van der Waals surface area contributed by atoms with Crippen molar-refractivity contribution in [3.8, 4) is 10.7 Å². The molecule has 1 aromatic carbocycles. The molecule has 146 valence electrons. The van der Waals surface area contributed by atoms with E-state index in [0.717, 1.165) is 37.1 Å². The van der Waals surface area contributed by atoms with Gasteiger partial charge in [0.1, 0.15) is 17.3 Å². The van der Waals surface area contributed by atoms with Crippen LogP contribution in [0.1, 0.15) is 18.4 Å². The van der Waals surface area contributed by atoms with Crippen LogP contribution >= 0.6 is 11.3 Å². The third kappa shape index (κ3) is 4.09. The maximum Gasteiger partial charge on any atom is 0.266 e. The molecular formula is C19H19F2N5OS. The van der Waals surface area contributed by atoms with Crippen LogP contribution in [0.25, 0.3) is 10.7 Å². The van der Waals surface area contributed by atoms with E-state index in [1.54, 1.807) is 13.1 Å². The van der Waals surface area contributed by atoms with Crippen LogP contribution in [0.4, 0.5) is 13.9 Å². The first-order valence-electron chi connectivity index (χ1n) is 9.06. The van der Waals surface area contributed by atoms with Crippen molar-refractivity contribution in [1.82, 2.24) is 20.0 Å². The highest BCUT2D eigenvalue weighted by Crippen LogP contribution is 2.31. The second-order valence-corrected chi connectivity index (χ2v) is 7.94. The number of aromatic nitrogens is 4. The van der Waals surface area contributed by atoms with Gasteiger partial charge in [0.15, 0.2) is 5.01 Å². The first kappa shape index (κ1) is 18.7. The molecule has 0 saturated carbocycles.